The van der Waals surface area contributed by atoms with Crippen LogP contribution in [0.25, 0.3) is 0 Å². The zero-order chi connectivity index (χ0) is 8.10. The molecular formula is C6H10N4S. The monoisotopic (exact) mass is 170 g/mol. The molecule has 0 aliphatic carbocycles. The van der Waals surface area contributed by atoms with Crippen LogP contribution in [0.2, 0.25) is 0 Å². The van der Waals surface area contributed by atoms with Gasteiger partial charge in [-0.15, -0.1) is 0 Å². The largest absolute Gasteiger partial charge is 0.379 e. The summed E-state index contributed by atoms with van der Waals surface area (Å²) in [5, 5.41) is 13.6. The quantitative estimate of drug-likeness (QED) is 0.458. The molecule has 0 aliphatic heterocycles. The molecule has 60 valence electrons. The van der Waals surface area contributed by atoms with E-state index in [9.17, 15) is 0 Å². The third kappa shape index (κ3) is 3.08. The van der Waals surface area contributed by atoms with Gasteiger partial charge in [0.05, 0.1) is 6.20 Å². The number of H-pyrrole nitrogens is 1. The van der Waals surface area contributed by atoms with Crippen LogP contribution in [0.5, 0.6) is 0 Å². The van der Waals surface area contributed by atoms with Crippen molar-refractivity contribution in [1.29, 1.82) is 5.41 Å². The van der Waals surface area contributed by atoms with Crippen LogP contribution in [0, 0.1) is 5.41 Å². The van der Waals surface area contributed by atoms with Gasteiger partial charge in [0.25, 0.3) is 0 Å². The van der Waals surface area contributed by atoms with Crippen molar-refractivity contribution in [2.45, 2.75) is 6.42 Å². The highest BCUT2D eigenvalue weighted by molar-refractivity contribution is 8.13. The molecule has 5 heteroatoms. The van der Waals surface area contributed by atoms with Crippen LogP contribution in [-0.2, 0) is 6.42 Å². The number of hydrogen-bond acceptors (Lipinski definition) is 3. The van der Waals surface area contributed by atoms with Crippen LogP contribution in [0.3, 0.4) is 0 Å². The number of nitrogens with zero attached hydrogens (tertiary/aromatic N) is 1. The fourth-order valence-electron chi connectivity index (χ4n) is 0.693. The number of rotatable bonds is 3. The minimum Gasteiger partial charge on any atom is -0.379 e. The Labute approximate surface area is 69.1 Å². The van der Waals surface area contributed by atoms with Crippen molar-refractivity contribution in [3.8, 4) is 0 Å². The first-order valence-corrected chi connectivity index (χ1v) is 4.22. The number of amidine groups is 1. The maximum absolute atomic E-state index is 6.94. The van der Waals surface area contributed by atoms with E-state index in [2.05, 4.69) is 10.2 Å². The molecule has 11 heavy (non-hydrogen) atoms. The average Bonchev–Trinajstić information content (AvgIpc) is 2.39. The lowest BCUT2D eigenvalue weighted by molar-refractivity contribution is 1.09. The summed E-state index contributed by atoms with van der Waals surface area (Å²) in [4.78, 5) is 0. The first-order chi connectivity index (χ1) is 5.29. The van der Waals surface area contributed by atoms with Gasteiger partial charge in [-0.1, -0.05) is 11.8 Å². The second-order valence-electron chi connectivity index (χ2n) is 2.07. The Hall–Kier alpha value is -0.970. The Kier molecular flexibility index (Phi) is 2.97. The minimum absolute atomic E-state index is 0.175. The van der Waals surface area contributed by atoms with E-state index in [0.717, 1.165) is 17.7 Å². The van der Waals surface area contributed by atoms with Crippen LogP contribution < -0.4 is 5.73 Å². The molecule has 4 N–H and O–H groups in total. The summed E-state index contributed by atoms with van der Waals surface area (Å²) < 4.78 is 0. The Morgan fingerprint density at radius 2 is 2.64 bits per heavy atom. The lowest BCUT2D eigenvalue weighted by Crippen LogP contribution is -2.05. The molecule has 1 rings (SSSR count). The van der Waals surface area contributed by atoms with Crippen LogP contribution in [-0.4, -0.2) is 21.1 Å². The van der Waals surface area contributed by atoms with Crippen molar-refractivity contribution in [1.82, 2.24) is 10.2 Å². The third-order valence-electron chi connectivity index (χ3n) is 1.20. The Morgan fingerprint density at radius 3 is 3.18 bits per heavy atom. The summed E-state index contributed by atoms with van der Waals surface area (Å²) in [6, 6.07) is 0. The molecule has 0 spiro atoms. The van der Waals surface area contributed by atoms with Gasteiger partial charge in [-0.05, 0) is 12.0 Å². The molecule has 0 bridgehead atoms. The molecule has 0 saturated carbocycles. The SMILES string of the molecule is N=C(N)SCCc1cn[nH]c1. The van der Waals surface area contributed by atoms with E-state index >= 15 is 0 Å². The van der Waals surface area contributed by atoms with Gasteiger partial charge < -0.3 is 5.73 Å². The van der Waals surface area contributed by atoms with Crippen molar-refractivity contribution < 1.29 is 0 Å². The van der Waals surface area contributed by atoms with Gasteiger partial charge in [-0.25, -0.2) is 0 Å². The Balaban J connectivity index is 2.19. The van der Waals surface area contributed by atoms with Gasteiger partial charge in [0.15, 0.2) is 5.17 Å². The number of nitrogens with one attached hydrogen (secondary N) is 2. The number of aromatic nitrogens is 2. The second kappa shape index (κ2) is 4.02. The highest BCUT2D eigenvalue weighted by Gasteiger charge is 1.94. The van der Waals surface area contributed by atoms with Gasteiger partial charge in [0.1, 0.15) is 0 Å². The van der Waals surface area contributed by atoms with Crippen LogP contribution in [0.15, 0.2) is 12.4 Å². The van der Waals surface area contributed by atoms with Crippen molar-refractivity contribution >= 4 is 16.9 Å². The minimum atomic E-state index is 0.175. The van der Waals surface area contributed by atoms with Gasteiger partial charge in [0, 0.05) is 11.9 Å². The predicted molar refractivity (Wildman–Crippen MR) is 46.7 cm³/mol. The van der Waals surface area contributed by atoms with Gasteiger partial charge >= 0.3 is 0 Å². The summed E-state index contributed by atoms with van der Waals surface area (Å²) >= 11 is 1.35. The number of aromatic amines is 1. The molecule has 1 aromatic rings. The van der Waals surface area contributed by atoms with E-state index in [1.807, 2.05) is 6.20 Å². The maximum Gasteiger partial charge on any atom is 0.151 e. The number of thioether (sulfide) groups is 1. The first kappa shape index (κ1) is 8.13. The average molecular weight is 170 g/mol. The van der Waals surface area contributed by atoms with E-state index in [1.54, 1.807) is 6.20 Å². The lowest BCUT2D eigenvalue weighted by atomic mass is 10.3. The molecular weight excluding hydrogens is 160 g/mol. The van der Waals surface area contributed by atoms with Crippen molar-refractivity contribution in [2.24, 2.45) is 5.73 Å². The smallest absolute Gasteiger partial charge is 0.151 e. The zero-order valence-corrected chi connectivity index (χ0v) is 6.82. The first-order valence-electron chi connectivity index (χ1n) is 3.23. The van der Waals surface area contributed by atoms with E-state index in [4.69, 9.17) is 11.1 Å². The predicted octanol–water partition coefficient (Wildman–Crippen LogP) is 0.579. The highest BCUT2D eigenvalue weighted by atomic mass is 32.2. The van der Waals surface area contributed by atoms with E-state index < -0.39 is 0 Å². The van der Waals surface area contributed by atoms with Gasteiger partial charge in [0.2, 0.25) is 0 Å². The molecule has 1 heterocycles. The van der Waals surface area contributed by atoms with E-state index in [0.29, 0.717) is 0 Å². The van der Waals surface area contributed by atoms with Crippen LogP contribution >= 0.6 is 11.8 Å². The fourth-order valence-corrected chi connectivity index (χ4v) is 1.25. The van der Waals surface area contributed by atoms with Crippen molar-refractivity contribution in [3.05, 3.63) is 18.0 Å². The van der Waals surface area contributed by atoms with Crippen LogP contribution in [0.1, 0.15) is 5.56 Å². The summed E-state index contributed by atoms with van der Waals surface area (Å²) in [6.45, 7) is 0. The zero-order valence-electron chi connectivity index (χ0n) is 6.00. The van der Waals surface area contributed by atoms with E-state index in [1.165, 1.54) is 11.8 Å². The molecule has 0 unspecified atom stereocenters. The number of nitrogens with two attached hydrogens (primary N) is 1. The molecule has 0 atom stereocenters. The lowest BCUT2D eigenvalue weighted by Gasteiger charge is -1.94. The van der Waals surface area contributed by atoms with Crippen LogP contribution in [0.4, 0.5) is 0 Å². The summed E-state index contributed by atoms with van der Waals surface area (Å²) in [5.41, 5.74) is 6.31. The molecule has 0 aromatic carbocycles. The van der Waals surface area contributed by atoms with Gasteiger partial charge in [-0.2, -0.15) is 5.10 Å². The van der Waals surface area contributed by atoms with E-state index in [-0.39, 0.29) is 5.17 Å². The highest BCUT2D eigenvalue weighted by Crippen LogP contribution is 2.03. The van der Waals surface area contributed by atoms with Gasteiger partial charge in [-0.3, -0.25) is 10.5 Å². The fraction of sp³-hybridized carbons (Fsp3) is 0.333. The summed E-state index contributed by atoms with van der Waals surface area (Å²) in [7, 11) is 0. The number of hydrogen-bond donors (Lipinski definition) is 3. The molecule has 1 aromatic heterocycles. The van der Waals surface area contributed by atoms with Crippen molar-refractivity contribution in [2.75, 3.05) is 5.75 Å². The maximum atomic E-state index is 6.94. The molecule has 0 amide bonds. The normalized spacial score (nSPS) is 9.82. The molecule has 0 saturated heterocycles. The standard InChI is InChI=1S/C6H10N4S/c7-6(8)11-2-1-5-3-9-10-4-5/h3-4H,1-2H2,(H3,7,8)(H,9,10). The second-order valence-corrected chi connectivity index (χ2v) is 3.21. The summed E-state index contributed by atoms with van der Waals surface area (Å²) in [5.74, 6) is 0.842. The Bertz CT molecular complexity index is 218. The Morgan fingerprint density at radius 1 is 1.82 bits per heavy atom. The molecule has 0 radical (unpaired) electrons. The number of aryl methyl sites for hydroxylation is 1. The molecule has 0 fully saturated rings. The molecule has 0 aliphatic rings. The summed E-state index contributed by atoms with van der Waals surface area (Å²) in [6.07, 6.45) is 4.53. The topological polar surface area (TPSA) is 78.6 Å². The van der Waals surface area contributed by atoms with Crippen molar-refractivity contribution in [3.63, 3.8) is 0 Å². The molecule has 4 nitrogen and oxygen atoms in total. The third-order valence-corrected chi connectivity index (χ3v) is 1.92.